The first kappa shape index (κ1) is 26.2. The van der Waals surface area contributed by atoms with Gasteiger partial charge in [0.15, 0.2) is 5.96 Å². The molecule has 0 radical (unpaired) electrons. The van der Waals surface area contributed by atoms with Gasteiger partial charge in [0.1, 0.15) is 0 Å². The van der Waals surface area contributed by atoms with E-state index in [1.165, 1.54) is 24.0 Å². The summed E-state index contributed by atoms with van der Waals surface area (Å²) in [4.78, 5) is 21.5. The molecular weight excluding hydrogens is 531 g/mol. The molecule has 7 nitrogen and oxygen atoms in total. The number of hydrogen-bond donors (Lipinski definition) is 1. The maximum atomic E-state index is 12.7. The lowest BCUT2D eigenvalue weighted by Crippen LogP contribution is -2.50. The van der Waals surface area contributed by atoms with Crippen LogP contribution in [0.3, 0.4) is 0 Å². The number of fused-ring (bicyclic) bond motifs is 1. The van der Waals surface area contributed by atoms with Crippen LogP contribution in [0.1, 0.15) is 49.3 Å². The van der Waals surface area contributed by atoms with Gasteiger partial charge in [0, 0.05) is 52.3 Å². The lowest BCUT2D eigenvalue weighted by atomic mass is 9.89. The molecule has 1 amide bonds. The van der Waals surface area contributed by atoms with E-state index in [1.54, 1.807) is 0 Å². The van der Waals surface area contributed by atoms with Crippen molar-refractivity contribution in [1.29, 1.82) is 0 Å². The first-order valence-electron chi connectivity index (χ1n) is 12.3. The van der Waals surface area contributed by atoms with Crippen LogP contribution in [0.15, 0.2) is 29.3 Å². The van der Waals surface area contributed by atoms with Crippen LogP contribution < -0.4 is 5.32 Å². The largest absolute Gasteiger partial charge is 0.378 e. The van der Waals surface area contributed by atoms with Crippen LogP contribution in [-0.2, 0) is 20.7 Å². The average Bonchev–Trinajstić information content (AvgIpc) is 2.86. The second kappa shape index (κ2) is 13.5. The molecule has 1 aliphatic carbocycles. The molecule has 1 aromatic rings. The van der Waals surface area contributed by atoms with Gasteiger partial charge in [-0.05, 0) is 49.7 Å². The summed E-state index contributed by atoms with van der Waals surface area (Å²) in [7, 11) is 1.84. The highest BCUT2D eigenvalue weighted by Gasteiger charge is 2.30. The van der Waals surface area contributed by atoms with E-state index >= 15 is 0 Å². The number of morpholine rings is 1. The van der Waals surface area contributed by atoms with Gasteiger partial charge in [-0.15, -0.1) is 24.0 Å². The first-order valence-corrected chi connectivity index (χ1v) is 12.3. The molecule has 1 N–H and O–H groups in total. The van der Waals surface area contributed by atoms with Crippen LogP contribution in [-0.4, -0.2) is 81.3 Å². The van der Waals surface area contributed by atoms with Gasteiger partial charge >= 0.3 is 0 Å². The normalized spacial score (nSPS) is 21.8. The van der Waals surface area contributed by atoms with E-state index in [0.717, 1.165) is 71.0 Å². The number of halogens is 1. The number of guanidine groups is 1. The summed E-state index contributed by atoms with van der Waals surface area (Å²) >= 11 is 0. The van der Waals surface area contributed by atoms with Crippen LogP contribution in [0.25, 0.3) is 0 Å². The maximum absolute atomic E-state index is 12.7. The second-order valence-corrected chi connectivity index (χ2v) is 8.98. The molecule has 184 valence electrons. The Bertz CT molecular complexity index is 777. The smallest absolute Gasteiger partial charge is 0.225 e. The minimum Gasteiger partial charge on any atom is -0.378 e. The number of ether oxygens (including phenoxy) is 2. The maximum Gasteiger partial charge on any atom is 0.225 e. The Morgan fingerprint density at radius 3 is 2.64 bits per heavy atom. The molecule has 0 aromatic heterocycles. The molecule has 2 aliphatic heterocycles. The number of rotatable bonds is 6. The number of amides is 1. The van der Waals surface area contributed by atoms with Crippen LogP contribution in [0, 0.1) is 5.92 Å². The average molecular weight is 571 g/mol. The third kappa shape index (κ3) is 7.05. The number of carbonyl (C=O) groups is 1. The Labute approximate surface area is 215 Å². The summed E-state index contributed by atoms with van der Waals surface area (Å²) in [5.74, 6) is 1.37. The lowest BCUT2D eigenvalue weighted by Gasteiger charge is -2.36. The fourth-order valence-corrected chi connectivity index (χ4v) is 5.09. The van der Waals surface area contributed by atoms with E-state index in [9.17, 15) is 4.79 Å². The van der Waals surface area contributed by atoms with E-state index in [0.29, 0.717) is 19.1 Å². The Hall–Kier alpha value is -1.39. The standard InChI is InChI=1S/C25H38N4O3.HI/c1-26-25(29-13-10-21(11-14-29)24(30)28-15-18-31-19-16-28)27-12-5-17-32-23-9-4-7-20-6-2-3-8-22(20)23;/h2-3,6,8,21,23H,4-5,7,9-19H2,1H3,(H,26,27);1H. The molecule has 1 aromatic carbocycles. The summed E-state index contributed by atoms with van der Waals surface area (Å²) in [5, 5.41) is 3.49. The van der Waals surface area contributed by atoms with E-state index in [1.807, 2.05) is 11.9 Å². The number of aliphatic imine (C=N–C) groups is 1. The highest BCUT2D eigenvalue weighted by molar-refractivity contribution is 14.0. The van der Waals surface area contributed by atoms with Crippen LogP contribution in [0.4, 0.5) is 0 Å². The van der Waals surface area contributed by atoms with Crippen molar-refractivity contribution >= 4 is 35.8 Å². The fraction of sp³-hybridized carbons (Fsp3) is 0.680. The lowest BCUT2D eigenvalue weighted by molar-refractivity contribution is -0.140. The van der Waals surface area contributed by atoms with Crippen LogP contribution in [0.5, 0.6) is 0 Å². The molecule has 0 bridgehead atoms. The Morgan fingerprint density at radius 2 is 1.88 bits per heavy atom. The Balaban J connectivity index is 0.00000306. The minimum atomic E-state index is 0. The van der Waals surface area contributed by atoms with E-state index in [2.05, 4.69) is 39.5 Å². The van der Waals surface area contributed by atoms with Gasteiger partial charge in [0.2, 0.25) is 5.91 Å². The SMILES string of the molecule is CN=C(NCCCOC1CCCc2ccccc21)N1CCC(C(=O)N2CCOCC2)CC1.I. The monoisotopic (exact) mass is 570 g/mol. The molecule has 2 fully saturated rings. The van der Waals surface area contributed by atoms with Crippen molar-refractivity contribution in [3.8, 4) is 0 Å². The Kier molecular flexibility index (Phi) is 10.7. The predicted molar refractivity (Wildman–Crippen MR) is 141 cm³/mol. The van der Waals surface area contributed by atoms with Gasteiger partial charge in [0.25, 0.3) is 0 Å². The number of nitrogens with zero attached hydrogens (tertiary/aromatic N) is 3. The third-order valence-corrected chi connectivity index (χ3v) is 6.92. The number of likely N-dealkylation sites (tertiary alicyclic amines) is 1. The minimum absolute atomic E-state index is 0. The third-order valence-electron chi connectivity index (χ3n) is 6.92. The van der Waals surface area contributed by atoms with Crippen LogP contribution >= 0.6 is 24.0 Å². The number of nitrogens with one attached hydrogen (secondary N) is 1. The fourth-order valence-electron chi connectivity index (χ4n) is 5.09. The number of hydrogen-bond acceptors (Lipinski definition) is 4. The topological polar surface area (TPSA) is 66.4 Å². The van der Waals surface area contributed by atoms with Crippen molar-refractivity contribution < 1.29 is 14.3 Å². The van der Waals surface area contributed by atoms with Gasteiger partial charge in [-0.25, -0.2) is 0 Å². The summed E-state index contributed by atoms with van der Waals surface area (Å²) < 4.78 is 11.6. The van der Waals surface area contributed by atoms with Crippen molar-refractivity contribution in [1.82, 2.24) is 15.1 Å². The molecule has 1 unspecified atom stereocenters. The molecule has 3 aliphatic rings. The van der Waals surface area contributed by atoms with Gasteiger partial charge in [-0.3, -0.25) is 9.79 Å². The summed E-state index contributed by atoms with van der Waals surface area (Å²) in [6.07, 6.45) is 6.46. The van der Waals surface area contributed by atoms with Crippen molar-refractivity contribution in [2.75, 3.05) is 59.6 Å². The molecule has 8 heteroatoms. The first-order chi connectivity index (χ1) is 15.8. The molecule has 2 saturated heterocycles. The van der Waals surface area contributed by atoms with Crippen LogP contribution in [0.2, 0.25) is 0 Å². The van der Waals surface area contributed by atoms with Gasteiger partial charge in [-0.2, -0.15) is 0 Å². The zero-order chi connectivity index (χ0) is 22.2. The molecule has 4 rings (SSSR count). The Morgan fingerprint density at radius 1 is 1.12 bits per heavy atom. The zero-order valence-corrected chi connectivity index (χ0v) is 22.2. The van der Waals surface area contributed by atoms with Crippen molar-refractivity contribution in [3.63, 3.8) is 0 Å². The zero-order valence-electron chi connectivity index (χ0n) is 19.8. The molecular formula is C25H39IN4O3. The van der Waals surface area contributed by atoms with E-state index in [-0.39, 0.29) is 36.0 Å². The summed E-state index contributed by atoms with van der Waals surface area (Å²) in [6.45, 7) is 6.13. The molecule has 0 saturated carbocycles. The number of aryl methyl sites for hydroxylation is 1. The molecule has 0 spiro atoms. The van der Waals surface area contributed by atoms with Crippen molar-refractivity contribution in [2.45, 2.75) is 44.6 Å². The van der Waals surface area contributed by atoms with Crippen molar-refractivity contribution in [2.24, 2.45) is 10.9 Å². The van der Waals surface area contributed by atoms with Gasteiger partial charge in [0.05, 0.1) is 19.3 Å². The molecule has 2 heterocycles. The van der Waals surface area contributed by atoms with Crippen molar-refractivity contribution in [3.05, 3.63) is 35.4 Å². The molecule has 33 heavy (non-hydrogen) atoms. The second-order valence-electron chi connectivity index (χ2n) is 8.98. The van der Waals surface area contributed by atoms with Gasteiger partial charge < -0.3 is 24.6 Å². The highest BCUT2D eigenvalue weighted by atomic mass is 127. The summed E-state index contributed by atoms with van der Waals surface area (Å²) in [6, 6.07) is 8.68. The van der Waals surface area contributed by atoms with E-state index < -0.39 is 0 Å². The van der Waals surface area contributed by atoms with Gasteiger partial charge in [-0.1, -0.05) is 24.3 Å². The predicted octanol–water partition coefficient (Wildman–Crippen LogP) is 3.23. The quantitative estimate of drug-likeness (QED) is 0.246. The number of piperidine rings is 1. The molecule has 1 atom stereocenters. The summed E-state index contributed by atoms with van der Waals surface area (Å²) in [5.41, 5.74) is 2.81. The highest BCUT2D eigenvalue weighted by Crippen LogP contribution is 2.32. The number of carbonyl (C=O) groups excluding carboxylic acids is 1. The number of benzene rings is 1. The van der Waals surface area contributed by atoms with E-state index in [4.69, 9.17) is 9.47 Å².